The standard InChI is InChI=1S/C20H20ClN3O2/c1-14(25)24(17-6-4-5-16(21)11-17)13-20(26)22-10-9-15-12-23-19-8-3-2-7-18(15)19/h2-8,11-12,23H,9-10,13H2,1H3,(H,22,26). The van der Waals surface area contributed by atoms with Gasteiger partial charge in [-0.05, 0) is 36.2 Å². The monoisotopic (exact) mass is 369 g/mol. The van der Waals surface area contributed by atoms with Crippen LogP contribution < -0.4 is 10.2 Å². The van der Waals surface area contributed by atoms with Crippen LogP contribution in [0.2, 0.25) is 5.02 Å². The molecular weight excluding hydrogens is 350 g/mol. The van der Waals surface area contributed by atoms with E-state index < -0.39 is 0 Å². The molecule has 0 aliphatic carbocycles. The highest BCUT2D eigenvalue weighted by molar-refractivity contribution is 6.30. The minimum absolute atomic E-state index is 0.0381. The van der Waals surface area contributed by atoms with Crippen LogP contribution in [0.1, 0.15) is 12.5 Å². The normalized spacial score (nSPS) is 10.7. The number of benzene rings is 2. The third-order valence-electron chi connectivity index (χ3n) is 4.19. The summed E-state index contributed by atoms with van der Waals surface area (Å²) in [7, 11) is 0. The fourth-order valence-electron chi connectivity index (χ4n) is 2.90. The number of carbonyl (C=O) groups is 2. The van der Waals surface area contributed by atoms with Crippen LogP contribution in [0, 0.1) is 0 Å². The minimum Gasteiger partial charge on any atom is -0.361 e. The largest absolute Gasteiger partial charge is 0.361 e. The SMILES string of the molecule is CC(=O)N(CC(=O)NCCc1c[nH]c2ccccc12)c1cccc(Cl)c1. The Morgan fingerprint density at radius 1 is 1.15 bits per heavy atom. The number of nitrogens with one attached hydrogen (secondary N) is 2. The molecule has 6 heteroatoms. The van der Waals surface area contributed by atoms with E-state index in [1.807, 2.05) is 24.4 Å². The van der Waals surface area contributed by atoms with Crippen molar-refractivity contribution in [3.63, 3.8) is 0 Å². The van der Waals surface area contributed by atoms with Gasteiger partial charge in [0.1, 0.15) is 6.54 Å². The average Bonchev–Trinajstić information content (AvgIpc) is 3.03. The van der Waals surface area contributed by atoms with E-state index in [1.54, 1.807) is 24.3 Å². The minimum atomic E-state index is -0.209. The van der Waals surface area contributed by atoms with Gasteiger partial charge in [0.25, 0.3) is 0 Å². The Morgan fingerprint density at radius 2 is 1.96 bits per heavy atom. The summed E-state index contributed by atoms with van der Waals surface area (Å²) < 4.78 is 0. The number of fused-ring (bicyclic) bond motifs is 1. The van der Waals surface area contributed by atoms with Crippen molar-refractivity contribution in [2.75, 3.05) is 18.0 Å². The van der Waals surface area contributed by atoms with Gasteiger partial charge in [-0.2, -0.15) is 0 Å². The Bertz CT molecular complexity index is 935. The fourth-order valence-corrected chi connectivity index (χ4v) is 3.09. The summed E-state index contributed by atoms with van der Waals surface area (Å²) in [5.41, 5.74) is 2.84. The topological polar surface area (TPSA) is 65.2 Å². The summed E-state index contributed by atoms with van der Waals surface area (Å²) in [6.45, 7) is 1.89. The molecule has 1 heterocycles. The number of aromatic amines is 1. The number of nitrogens with zero attached hydrogens (tertiary/aromatic N) is 1. The molecule has 134 valence electrons. The Balaban J connectivity index is 1.58. The number of para-hydroxylation sites is 1. The van der Waals surface area contributed by atoms with Crippen LogP contribution in [0.15, 0.2) is 54.7 Å². The van der Waals surface area contributed by atoms with Crippen LogP contribution in [0.5, 0.6) is 0 Å². The summed E-state index contributed by atoms with van der Waals surface area (Å²) in [4.78, 5) is 28.8. The van der Waals surface area contributed by atoms with E-state index in [0.717, 1.165) is 16.5 Å². The molecule has 0 aliphatic rings. The molecule has 2 aromatic carbocycles. The number of halogens is 1. The number of carbonyl (C=O) groups excluding carboxylic acids is 2. The second-order valence-corrected chi connectivity index (χ2v) is 6.48. The highest BCUT2D eigenvalue weighted by Crippen LogP contribution is 2.20. The Kier molecular flexibility index (Phi) is 5.58. The molecule has 0 saturated carbocycles. The maximum atomic E-state index is 12.3. The number of anilines is 1. The van der Waals surface area contributed by atoms with Gasteiger partial charge >= 0.3 is 0 Å². The molecule has 0 bridgehead atoms. The van der Waals surface area contributed by atoms with Crippen molar-refractivity contribution in [1.82, 2.24) is 10.3 Å². The lowest BCUT2D eigenvalue weighted by molar-refractivity contribution is -0.123. The maximum absolute atomic E-state index is 12.3. The van der Waals surface area contributed by atoms with Crippen molar-refractivity contribution in [3.8, 4) is 0 Å². The van der Waals surface area contributed by atoms with Gasteiger partial charge in [-0.1, -0.05) is 35.9 Å². The van der Waals surface area contributed by atoms with Crippen LogP contribution in [0.4, 0.5) is 5.69 Å². The van der Waals surface area contributed by atoms with E-state index >= 15 is 0 Å². The fraction of sp³-hybridized carbons (Fsp3) is 0.200. The summed E-state index contributed by atoms with van der Waals surface area (Å²) in [6.07, 6.45) is 2.68. The lowest BCUT2D eigenvalue weighted by Crippen LogP contribution is -2.40. The summed E-state index contributed by atoms with van der Waals surface area (Å²) in [5, 5.41) is 4.56. The van der Waals surface area contributed by atoms with Gasteiger partial charge in [-0.3, -0.25) is 9.59 Å². The molecule has 2 amide bonds. The lowest BCUT2D eigenvalue weighted by atomic mass is 10.1. The van der Waals surface area contributed by atoms with E-state index in [0.29, 0.717) is 23.7 Å². The van der Waals surface area contributed by atoms with Crippen LogP contribution >= 0.6 is 11.6 Å². The van der Waals surface area contributed by atoms with Crippen molar-refractivity contribution < 1.29 is 9.59 Å². The van der Waals surface area contributed by atoms with Gasteiger partial charge in [0.15, 0.2) is 0 Å². The number of aromatic nitrogens is 1. The molecule has 26 heavy (non-hydrogen) atoms. The summed E-state index contributed by atoms with van der Waals surface area (Å²) in [6, 6.07) is 15.0. The number of H-pyrrole nitrogens is 1. The third-order valence-corrected chi connectivity index (χ3v) is 4.43. The molecular formula is C20H20ClN3O2. The zero-order chi connectivity index (χ0) is 18.5. The highest BCUT2D eigenvalue weighted by atomic mass is 35.5. The van der Waals surface area contributed by atoms with E-state index in [1.165, 1.54) is 11.8 Å². The van der Waals surface area contributed by atoms with Gasteiger partial charge in [-0.25, -0.2) is 0 Å². The first-order chi connectivity index (χ1) is 12.5. The summed E-state index contributed by atoms with van der Waals surface area (Å²) >= 11 is 5.98. The number of amides is 2. The quantitative estimate of drug-likeness (QED) is 0.698. The van der Waals surface area contributed by atoms with Crippen LogP contribution in [0.3, 0.4) is 0 Å². The van der Waals surface area contributed by atoms with Crippen molar-refractivity contribution in [3.05, 3.63) is 65.3 Å². The van der Waals surface area contributed by atoms with E-state index in [4.69, 9.17) is 11.6 Å². The van der Waals surface area contributed by atoms with Crippen LogP contribution in [-0.4, -0.2) is 29.9 Å². The second kappa shape index (κ2) is 8.06. The molecule has 0 atom stereocenters. The molecule has 0 saturated heterocycles. The van der Waals surface area contributed by atoms with Crippen LogP contribution in [0.25, 0.3) is 10.9 Å². The molecule has 3 aromatic rings. The van der Waals surface area contributed by atoms with Gasteiger partial charge in [0, 0.05) is 41.3 Å². The number of rotatable bonds is 6. The van der Waals surface area contributed by atoms with Gasteiger partial charge < -0.3 is 15.2 Å². The average molecular weight is 370 g/mol. The summed E-state index contributed by atoms with van der Waals surface area (Å²) in [5.74, 6) is -0.418. The first-order valence-corrected chi connectivity index (χ1v) is 8.78. The molecule has 0 fully saturated rings. The smallest absolute Gasteiger partial charge is 0.240 e. The third kappa shape index (κ3) is 4.24. The van der Waals surface area contributed by atoms with Gasteiger partial charge in [0.2, 0.25) is 11.8 Å². The van der Waals surface area contributed by atoms with E-state index in [-0.39, 0.29) is 18.4 Å². The zero-order valence-corrected chi connectivity index (χ0v) is 15.2. The van der Waals surface area contributed by atoms with Crippen molar-refractivity contribution >= 4 is 40.0 Å². The first-order valence-electron chi connectivity index (χ1n) is 8.40. The van der Waals surface area contributed by atoms with Gasteiger partial charge in [0.05, 0.1) is 0 Å². The first kappa shape index (κ1) is 18.0. The van der Waals surface area contributed by atoms with E-state index in [9.17, 15) is 9.59 Å². The Labute approximate surface area is 157 Å². The molecule has 2 N–H and O–H groups in total. The number of hydrogen-bond acceptors (Lipinski definition) is 2. The van der Waals surface area contributed by atoms with Crippen molar-refractivity contribution in [2.24, 2.45) is 0 Å². The van der Waals surface area contributed by atoms with Crippen molar-refractivity contribution in [2.45, 2.75) is 13.3 Å². The number of hydrogen-bond donors (Lipinski definition) is 2. The predicted octanol–water partition coefficient (Wildman–Crippen LogP) is 3.53. The molecule has 0 unspecified atom stereocenters. The lowest BCUT2D eigenvalue weighted by Gasteiger charge is -2.20. The molecule has 1 aromatic heterocycles. The molecule has 0 radical (unpaired) electrons. The molecule has 5 nitrogen and oxygen atoms in total. The maximum Gasteiger partial charge on any atom is 0.240 e. The predicted molar refractivity (Wildman–Crippen MR) is 104 cm³/mol. The van der Waals surface area contributed by atoms with Crippen molar-refractivity contribution in [1.29, 1.82) is 0 Å². The second-order valence-electron chi connectivity index (χ2n) is 6.04. The zero-order valence-electron chi connectivity index (χ0n) is 14.5. The Hall–Kier alpha value is -2.79. The molecule has 0 aliphatic heterocycles. The van der Waals surface area contributed by atoms with Gasteiger partial charge in [-0.15, -0.1) is 0 Å². The van der Waals surface area contributed by atoms with E-state index in [2.05, 4.69) is 16.4 Å². The molecule has 3 rings (SSSR count). The van der Waals surface area contributed by atoms with Crippen LogP contribution in [-0.2, 0) is 16.0 Å². The highest BCUT2D eigenvalue weighted by Gasteiger charge is 2.16. The Morgan fingerprint density at radius 3 is 2.73 bits per heavy atom. The molecule has 0 spiro atoms.